The fourth-order valence-electron chi connectivity index (χ4n) is 2.12. The van der Waals surface area contributed by atoms with E-state index in [1.165, 1.54) is 12.8 Å². The number of furan rings is 1. The molecule has 0 aliphatic heterocycles. The van der Waals surface area contributed by atoms with E-state index in [-0.39, 0.29) is 6.04 Å². The summed E-state index contributed by atoms with van der Waals surface area (Å²) in [6, 6.07) is 9.97. The maximum absolute atomic E-state index is 5.73. The van der Waals surface area contributed by atoms with Crippen molar-refractivity contribution in [2.24, 2.45) is 5.84 Å². The van der Waals surface area contributed by atoms with Gasteiger partial charge in [-0.15, -0.1) is 0 Å². The van der Waals surface area contributed by atoms with Crippen LogP contribution >= 0.6 is 0 Å². The first kappa shape index (κ1) is 12.3. The van der Waals surface area contributed by atoms with Gasteiger partial charge in [-0.1, -0.05) is 12.1 Å². The lowest BCUT2D eigenvalue weighted by molar-refractivity contribution is 0.303. The van der Waals surface area contributed by atoms with Crippen LogP contribution in [0.15, 0.2) is 41.0 Å². The molecule has 1 aromatic heterocycles. The van der Waals surface area contributed by atoms with Crippen molar-refractivity contribution in [2.45, 2.75) is 31.9 Å². The molecular weight excluding hydrogens is 240 g/mol. The number of hydrogen-bond donors (Lipinski definition) is 2. The van der Waals surface area contributed by atoms with Crippen molar-refractivity contribution in [2.75, 3.05) is 0 Å². The van der Waals surface area contributed by atoms with Crippen LogP contribution in [0.25, 0.3) is 0 Å². The van der Waals surface area contributed by atoms with Gasteiger partial charge in [0.1, 0.15) is 11.5 Å². The van der Waals surface area contributed by atoms with Crippen molar-refractivity contribution in [3.63, 3.8) is 0 Å². The number of hydrogen-bond acceptors (Lipinski definition) is 4. The van der Waals surface area contributed by atoms with Crippen molar-refractivity contribution in [3.8, 4) is 5.75 Å². The number of benzene rings is 1. The minimum absolute atomic E-state index is 0.0626. The molecule has 1 heterocycles. The standard InChI is InChI=1S/C15H18N2O2/c1-10-8-12(9-18-10)15(17-16)11-2-4-13(5-3-11)19-14-6-7-14/h2-5,8-9,14-15,17H,6-7,16H2,1H3. The third-order valence-electron chi connectivity index (χ3n) is 3.29. The van der Waals surface area contributed by atoms with Crippen molar-refractivity contribution in [1.82, 2.24) is 5.43 Å². The Labute approximate surface area is 112 Å². The molecule has 1 fully saturated rings. The Balaban J connectivity index is 1.78. The smallest absolute Gasteiger partial charge is 0.119 e. The summed E-state index contributed by atoms with van der Waals surface area (Å²) >= 11 is 0. The molecule has 1 unspecified atom stereocenters. The van der Waals surface area contributed by atoms with Gasteiger partial charge in [-0.25, -0.2) is 5.43 Å². The minimum atomic E-state index is -0.0626. The summed E-state index contributed by atoms with van der Waals surface area (Å²) in [5.41, 5.74) is 4.93. The van der Waals surface area contributed by atoms with Crippen LogP contribution in [0.4, 0.5) is 0 Å². The highest BCUT2D eigenvalue weighted by Gasteiger charge is 2.23. The van der Waals surface area contributed by atoms with Gasteiger partial charge >= 0.3 is 0 Å². The molecule has 2 aromatic rings. The fraction of sp³-hybridized carbons (Fsp3) is 0.333. The molecule has 4 nitrogen and oxygen atoms in total. The number of hydrazine groups is 1. The second-order valence-electron chi connectivity index (χ2n) is 4.98. The summed E-state index contributed by atoms with van der Waals surface area (Å²) < 4.78 is 11.1. The minimum Gasteiger partial charge on any atom is -0.490 e. The molecule has 0 spiro atoms. The third-order valence-corrected chi connectivity index (χ3v) is 3.29. The van der Waals surface area contributed by atoms with Crippen molar-refractivity contribution >= 4 is 0 Å². The van der Waals surface area contributed by atoms with Crippen LogP contribution in [0.1, 0.15) is 35.8 Å². The molecule has 1 saturated carbocycles. The lowest BCUT2D eigenvalue weighted by atomic mass is 10.0. The van der Waals surface area contributed by atoms with Gasteiger partial charge in [-0.05, 0) is 43.5 Å². The summed E-state index contributed by atoms with van der Waals surface area (Å²) in [5, 5.41) is 0. The monoisotopic (exact) mass is 258 g/mol. The van der Waals surface area contributed by atoms with Gasteiger partial charge in [0.15, 0.2) is 0 Å². The highest BCUT2D eigenvalue weighted by molar-refractivity contribution is 5.35. The highest BCUT2D eigenvalue weighted by atomic mass is 16.5. The number of nitrogens with two attached hydrogens (primary N) is 1. The van der Waals surface area contributed by atoms with Crippen LogP contribution in [-0.2, 0) is 0 Å². The van der Waals surface area contributed by atoms with Crippen LogP contribution < -0.4 is 16.0 Å². The topological polar surface area (TPSA) is 60.4 Å². The SMILES string of the molecule is Cc1cc(C(NN)c2ccc(OC3CC3)cc2)co1. The van der Waals surface area contributed by atoms with Gasteiger partial charge in [0.2, 0.25) is 0 Å². The predicted octanol–water partition coefficient (Wildman–Crippen LogP) is 2.68. The van der Waals surface area contributed by atoms with Gasteiger partial charge < -0.3 is 9.15 Å². The molecule has 4 heteroatoms. The fourth-order valence-corrected chi connectivity index (χ4v) is 2.12. The van der Waals surface area contributed by atoms with Crippen molar-refractivity contribution < 1.29 is 9.15 Å². The molecule has 0 amide bonds. The molecule has 100 valence electrons. The van der Waals surface area contributed by atoms with Crippen LogP contribution in [0.3, 0.4) is 0 Å². The summed E-state index contributed by atoms with van der Waals surface area (Å²) in [7, 11) is 0. The molecule has 19 heavy (non-hydrogen) atoms. The molecule has 0 bridgehead atoms. The maximum Gasteiger partial charge on any atom is 0.119 e. The average molecular weight is 258 g/mol. The highest BCUT2D eigenvalue weighted by Crippen LogP contribution is 2.29. The number of ether oxygens (including phenoxy) is 1. The van der Waals surface area contributed by atoms with E-state index in [9.17, 15) is 0 Å². The Bertz CT molecular complexity index is 544. The van der Waals surface area contributed by atoms with E-state index in [2.05, 4.69) is 5.43 Å². The zero-order valence-corrected chi connectivity index (χ0v) is 10.9. The summed E-state index contributed by atoms with van der Waals surface area (Å²) in [4.78, 5) is 0. The van der Waals surface area contributed by atoms with Gasteiger partial charge in [0.25, 0.3) is 0 Å². The predicted molar refractivity (Wildman–Crippen MR) is 72.7 cm³/mol. The van der Waals surface area contributed by atoms with Gasteiger partial charge in [-0.3, -0.25) is 5.84 Å². The lowest BCUT2D eigenvalue weighted by Crippen LogP contribution is -2.28. The molecule has 1 aliphatic carbocycles. The van der Waals surface area contributed by atoms with E-state index in [4.69, 9.17) is 15.0 Å². The molecular formula is C15H18N2O2. The Morgan fingerprint density at radius 3 is 2.53 bits per heavy atom. The second kappa shape index (κ2) is 5.07. The molecule has 1 aromatic carbocycles. The van der Waals surface area contributed by atoms with E-state index >= 15 is 0 Å². The first-order valence-electron chi connectivity index (χ1n) is 6.54. The summed E-state index contributed by atoms with van der Waals surface area (Å²) in [6.07, 6.45) is 4.49. The van der Waals surface area contributed by atoms with Gasteiger partial charge in [0.05, 0.1) is 18.4 Å². The summed E-state index contributed by atoms with van der Waals surface area (Å²) in [6.45, 7) is 1.92. The normalized spacial score (nSPS) is 16.3. The largest absolute Gasteiger partial charge is 0.490 e. The Kier molecular flexibility index (Phi) is 3.27. The Morgan fingerprint density at radius 1 is 1.26 bits per heavy atom. The van der Waals surface area contributed by atoms with Crippen LogP contribution in [0.5, 0.6) is 5.75 Å². The van der Waals surface area contributed by atoms with Gasteiger partial charge in [-0.2, -0.15) is 0 Å². The molecule has 0 radical (unpaired) electrons. The molecule has 0 saturated heterocycles. The summed E-state index contributed by atoms with van der Waals surface area (Å²) in [5.74, 6) is 7.45. The first-order chi connectivity index (χ1) is 9.26. The van der Waals surface area contributed by atoms with Crippen molar-refractivity contribution in [3.05, 3.63) is 53.5 Å². The second-order valence-corrected chi connectivity index (χ2v) is 4.98. The zero-order chi connectivity index (χ0) is 13.2. The van der Waals surface area contributed by atoms with E-state index in [1.54, 1.807) is 6.26 Å². The number of aryl methyl sites for hydroxylation is 1. The van der Waals surface area contributed by atoms with E-state index in [1.807, 2.05) is 37.3 Å². The van der Waals surface area contributed by atoms with E-state index < -0.39 is 0 Å². The van der Waals surface area contributed by atoms with Crippen LogP contribution in [-0.4, -0.2) is 6.10 Å². The number of nitrogens with one attached hydrogen (secondary N) is 1. The Morgan fingerprint density at radius 2 is 2.00 bits per heavy atom. The zero-order valence-electron chi connectivity index (χ0n) is 10.9. The first-order valence-corrected chi connectivity index (χ1v) is 6.54. The Hall–Kier alpha value is -1.78. The lowest BCUT2D eigenvalue weighted by Gasteiger charge is -2.15. The van der Waals surface area contributed by atoms with E-state index in [0.717, 1.165) is 22.6 Å². The van der Waals surface area contributed by atoms with Crippen LogP contribution in [0.2, 0.25) is 0 Å². The van der Waals surface area contributed by atoms with Crippen molar-refractivity contribution in [1.29, 1.82) is 0 Å². The van der Waals surface area contributed by atoms with Gasteiger partial charge in [0, 0.05) is 5.56 Å². The number of rotatable bonds is 5. The maximum atomic E-state index is 5.73. The van der Waals surface area contributed by atoms with Crippen LogP contribution in [0, 0.1) is 6.92 Å². The molecule has 3 rings (SSSR count). The molecule has 1 aliphatic rings. The quantitative estimate of drug-likeness (QED) is 0.639. The molecule has 1 atom stereocenters. The van der Waals surface area contributed by atoms with E-state index in [0.29, 0.717) is 6.10 Å². The third kappa shape index (κ3) is 2.80. The average Bonchev–Trinajstić information content (AvgIpc) is 3.13. The molecule has 3 N–H and O–H groups in total.